The minimum atomic E-state index is 0.344. The largest absolute Gasteiger partial charge is 0.325 e. The van der Waals surface area contributed by atoms with Gasteiger partial charge in [0.2, 0.25) is 0 Å². The first-order valence-corrected chi connectivity index (χ1v) is 6.31. The molecule has 0 radical (unpaired) electrons. The summed E-state index contributed by atoms with van der Waals surface area (Å²) in [5.74, 6) is 2.58. The normalized spacial score (nSPS) is 37.6. The van der Waals surface area contributed by atoms with Gasteiger partial charge in [0.1, 0.15) is 0 Å². The van der Waals surface area contributed by atoms with Crippen LogP contribution in [0.3, 0.4) is 0 Å². The Labute approximate surface area is 84.4 Å². The van der Waals surface area contributed by atoms with Crippen LogP contribution in [0.25, 0.3) is 0 Å². The van der Waals surface area contributed by atoms with Crippen LogP contribution in [0.2, 0.25) is 0 Å². The Balaban J connectivity index is 1.88. The predicted octanol–water partition coefficient (Wildman–Crippen LogP) is -0.276. The number of nitrogens with two attached hydrogens (primary N) is 1. The van der Waals surface area contributed by atoms with E-state index in [9.17, 15) is 0 Å². The summed E-state index contributed by atoms with van der Waals surface area (Å²) in [6, 6.07) is 0.985. The monoisotopic (exact) mass is 201 g/mol. The zero-order chi connectivity index (χ0) is 9.10. The van der Waals surface area contributed by atoms with E-state index in [0.29, 0.717) is 12.1 Å². The number of piperidine rings is 1. The lowest BCUT2D eigenvalue weighted by molar-refractivity contribution is 0.158. The van der Waals surface area contributed by atoms with Crippen LogP contribution >= 0.6 is 11.8 Å². The molecule has 2 rings (SSSR count). The smallest absolute Gasteiger partial charge is 0.0324 e. The number of rotatable bonds is 1. The van der Waals surface area contributed by atoms with Crippen LogP contribution in [-0.4, -0.2) is 54.7 Å². The van der Waals surface area contributed by atoms with E-state index in [0.717, 1.165) is 13.1 Å². The fourth-order valence-electron chi connectivity index (χ4n) is 2.23. The Hall–Kier alpha value is 0.230. The van der Waals surface area contributed by atoms with E-state index in [1.54, 1.807) is 0 Å². The quantitative estimate of drug-likeness (QED) is 0.612. The molecule has 0 spiro atoms. The Kier molecular flexibility index (Phi) is 3.49. The molecule has 0 aromatic heterocycles. The first-order chi connectivity index (χ1) is 6.38. The van der Waals surface area contributed by atoms with Crippen LogP contribution in [0.1, 0.15) is 6.42 Å². The maximum absolute atomic E-state index is 6.10. The van der Waals surface area contributed by atoms with Gasteiger partial charge in [0.25, 0.3) is 0 Å². The Morgan fingerprint density at radius 1 is 1.31 bits per heavy atom. The second-order valence-electron chi connectivity index (χ2n) is 3.87. The van der Waals surface area contributed by atoms with Gasteiger partial charge in [-0.05, 0) is 13.0 Å². The lowest BCUT2D eigenvalue weighted by atomic mass is 10.00. The van der Waals surface area contributed by atoms with E-state index in [4.69, 9.17) is 5.73 Å². The molecule has 0 saturated carbocycles. The predicted molar refractivity (Wildman–Crippen MR) is 58.1 cm³/mol. The molecule has 2 aliphatic heterocycles. The summed E-state index contributed by atoms with van der Waals surface area (Å²) < 4.78 is 0. The lowest BCUT2D eigenvalue weighted by Crippen LogP contribution is -2.58. The molecule has 0 aromatic rings. The SMILES string of the molecule is NC1CNCCC1N1CCSCC1. The molecule has 76 valence electrons. The number of hydrogen-bond donors (Lipinski definition) is 2. The van der Waals surface area contributed by atoms with Gasteiger partial charge < -0.3 is 11.1 Å². The van der Waals surface area contributed by atoms with Gasteiger partial charge in [0, 0.05) is 43.2 Å². The van der Waals surface area contributed by atoms with E-state index < -0.39 is 0 Å². The van der Waals surface area contributed by atoms with Crippen LogP contribution in [0, 0.1) is 0 Å². The van der Waals surface area contributed by atoms with Crippen LogP contribution < -0.4 is 11.1 Å². The standard InChI is InChI=1S/C9H19N3S/c10-8-7-11-2-1-9(8)12-3-5-13-6-4-12/h8-9,11H,1-7,10H2. The molecule has 0 bridgehead atoms. The maximum atomic E-state index is 6.10. The highest BCUT2D eigenvalue weighted by atomic mass is 32.2. The molecule has 0 aromatic carbocycles. The molecular weight excluding hydrogens is 182 g/mol. The van der Waals surface area contributed by atoms with Crippen LogP contribution in [0.15, 0.2) is 0 Å². The van der Waals surface area contributed by atoms with Gasteiger partial charge in [-0.15, -0.1) is 0 Å². The molecular formula is C9H19N3S. The first kappa shape index (κ1) is 9.77. The van der Waals surface area contributed by atoms with E-state index in [-0.39, 0.29) is 0 Å². The van der Waals surface area contributed by atoms with Crippen LogP contribution in [0.5, 0.6) is 0 Å². The van der Waals surface area contributed by atoms with Crippen molar-refractivity contribution in [2.45, 2.75) is 18.5 Å². The van der Waals surface area contributed by atoms with Crippen molar-refractivity contribution in [3.63, 3.8) is 0 Å². The fraction of sp³-hybridized carbons (Fsp3) is 1.00. The molecule has 2 unspecified atom stereocenters. The molecule has 3 nitrogen and oxygen atoms in total. The van der Waals surface area contributed by atoms with Gasteiger partial charge in [-0.2, -0.15) is 11.8 Å². The Morgan fingerprint density at radius 2 is 2.08 bits per heavy atom. The van der Waals surface area contributed by atoms with Gasteiger partial charge in [-0.1, -0.05) is 0 Å². The lowest BCUT2D eigenvalue weighted by Gasteiger charge is -2.40. The summed E-state index contributed by atoms with van der Waals surface area (Å²) in [4.78, 5) is 2.59. The zero-order valence-electron chi connectivity index (χ0n) is 8.04. The summed E-state index contributed by atoms with van der Waals surface area (Å²) in [5, 5.41) is 3.35. The van der Waals surface area contributed by atoms with E-state index >= 15 is 0 Å². The van der Waals surface area contributed by atoms with Crippen molar-refractivity contribution in [2.75, 3.05) is 37.7 Å². The van der Waals surface area contributed by atoms with Crippen molar-refractivity contribution in [1.29, 1.82) is 0 Å². The molecule has 13 heavy (non-hydrogen) atoms. The summed E-state index contributed by atoms with van der Waals surface area (Å²) in [6.07, 6.45) is 1.23. The summed E-state index contributed by atoms with van der Waals surface area (Å²) in [6.45, 7) is 4.61. The molecule has 3 N–H and O–H groups in total. The molecule has 0 amide bonds. The summed E-state index contributed by atoms with van der Waals surface area (Å²) in [5.41, 5.74) is 6.10. The third-order valence-electron chi connectivity index (χ3n) is 3.01. The van der Waals surface area contributed by atoms with Crippen molar-refractivity contribution >= 4 is 11.8 Å². The number of nitrogens with zero attached hydrogens (tertiary/aromatic N) is 1. The van der Waals surface area contributed by atoms with Gasteiger partial charge >= 0.3 is 0 Å². The molecule has 2 saturated heterocycles. The zero-order valence-corrected chi connectivity index (χ0v) is 8.85. The van der Waals surface area contributed by atoms with Gasteiger partial charge in [-0.3, -0.25) is 4.90 Å². The number of hydrogen-bond acceptors (Lipinski definition) is 4. The van der Waals surface area contributed by atoms with Crippen molar-refractivity contribution < 1.29 is 0 Å². The second kappa shape index (κ2) is 4.64. The number of nitrogens with one attached hydrogen (secondary N) is 1. The molecule has 0 aliphatic carbocycles. The highest BCUT2D eigenvalue weighted by Crippen LogP contribution is 2.16. The molecule has 2 heterocycles. The maximum Gasteiger partial charge on any atom is 0.0324 e. The topological polar surface area (TPSA) is 41.3 Å². The third kappa shape index (κ3) is 2.37. The third-order valence-corrected chi connectivity index (χ3v) is 3.95. The Bertz CT molecular complexity index is 159. The molecule has 2 fully saturated rings. The average Bonchev–Trinajstić information content (AvgIpc) is 2.20. The fourth-order valence-corrected chi connectivity index (χ4v) is 3.16. The molecule has 2 aliphatic rings. The van der Waals surface area contributed by atoms with Gasteiger partial charge in [0.05, 0.1) is 0 Å². The van der Waals surface area contributed by atoms with Crippen LogP contribution in [-0.2, 0) is 0 Å². The molecule has 2 atom stereocenters. The summed E-state index contributed by atoms with van der Waals surface area (Å²) >= 11 is 2.07. The van der Waals surface area contributed by atoms with E-state index in [2.05, 4.69) is 22.0 Å². The number of thioether (sulfide) groups is 1. The van der Waals surface area contributed by atoms with E-state index in [1.165, 1.54) is 31.0 Å². The minimum absolute atomic E-state index is 0.344. The van der Waals surface area contributed by atoms with E-state index in [1.807, 2.05) is 0 Å². The van der Waals surface area contributed by atoms with Crippen molar-refractivity contribution in [3.05, 3.63) is 0 Å². The van der Waals surface area contributed by atoms with Crippen molar-refractivity contribution in [1.82, 2.24) is 10.2 Å². The van der Waals surface area contributed by atoms with Crippen molar-refractivity contribution in [2.24, 2.45) is 5.73 Å². The highest BCUT2D eigenvalue weighted by Gasteiger charge is 2.28. The Morgan fingerprint density at radius 3 is 2.77 bits per heavy atom. The molecule has 4 heteroatoms. The van der Waals surface area contributed by atoms with Crippen LogP contribution in [0.4, 0.5) is 0 Å². The summed E-state index contributed by atoms with van der Waals surface area (Å²) in [7, 11) is 0. The van der Waals surface area contributed by atoms with Gasteiger partial charge in [0.15, 0.2) is 0 Å². The average molecular weight is 201 g/mol. The first-order valence-electron chi connectivity index (χ1n) is 5.16. The minimum Gasteiger partial charge on any atom is -0.325 e. The highest BCUT2D eigenvalue weighted by molar-refractivity contribution is 7.99. The van der Waals surface area contributed by atoms with Gasteiger partial charge in [-0.25, -0.2) is 0 Å². The van der Waals surface area contributed by atoms with Crippen molar-refractivity contribution in [3.8, 4) is 0 Å². The second-order valence-corrected chi connectivity index (χ2v) is 5.10.